The molecule has 1 N–H and O–H groups in total. The van der Waals surface area contributed by atoms with Crippen molar-refractivity contribution >= 4 is 23.2 Å². The molecule has 0 amide bonds. The van der Waals surface area contributed by atoms with Gasteiger partial charge in [-0.25, -0.2) is 4.68 Å². The highest BCUT2D eigenvalue weighted by Gasteiger charge is 2.17. The number of nitrogens with zero attached hydrogens (tertiary/aromatic N) is 2. The van der Waals surface area contributed by atoms with E-state index in [9.17, 15) is 0 Å². The van der Waals surface area contributed by atoms with Gasteiger partial charge in [-0.1, -0.05) is 37.0 Å². The summed E-state index contributed by atoms with van der Waals surface area (Å²) in [6.07, 6.45) is 2.82. The van der Waals surface area contributed by atoms with Gasteiger partial charge in [-0.3, -0.25) is 0 Å². The monoisotopic (exact) mass is 325 g/mol. The first kappa shape index (κ1) is 16.3. The van der Waals surface area contributed by atoms with E-state index in [0.717, 1.165) is 37.2 Å². The summed E-state index contributed by atoms with van der Waals surface area (Å²) >= 11 is 12.3. The molecule has 0 fully saturated rings. The van der Waals surface area contributed by atoms with Crippen LogP contribution in [-0.4, -0.2) is 23.4 Å². The van der Waals surface area contributed by atoms with Crippen molar-refractivity contribution in [1.29, 1.82) is 0 Å². The van der Waals surface area contributed by atoms with Gasteiger partial charge in [0.1, 0.15) is 0 Å². The minimum absolute atomic E-state index is 0.627. The Hall–Kier alpha value is -1.03. The minimum Gasteiger partial charge on any atom is -0.319 e. The maximum atomic E-state index is 6.34. The lowest BCUT2D eigenvalue weighted by Crippen LogP contribution is -2.12. The van der Waals surface area contributed by atoms with E-state index < -0.39 is 0 Å². The zero-order valence-electron chi connectivity index (χ0n) is 12.7. The first-order valence-electron chi connectivity index (χ1n) is 7.32. The standard InChI is InChI=1S/C16H21Cl2N3/c1-4-14-12(8-9-19-3)15(5-2)21(20-14)16-7-6-11(17)10-13(16)18/h6-7,10,19H,4-5,8-9H2,1-3H3. The summed E-state index contributed by atoms with van der Waals surface area (Å²) in [6, 6.07) is 5.54. The number of halogens is 2. The Morgan fingerprint density at radius 1 is 1.19 bits per heavy atom. The SMILES string of the molecule is CCc1nn(-c2ccc(Cl)cc2Cl)c(CC)c1CCNC. The molecule has 0 aliphatic rings. The molecule has 0 radical (unpaired) electrons. The Morgan fingerprint density at radius 2 is 1.95 bits per heavy atom. The molecule has 2 rings (SSSR count). The molecule has 0 unspecified atom stereocenters. The molecule has 1 heterocycles. The second-order valence-corrected chi connectivity index (χ2v) is 5.78. The average Bonchev–Trinajstić information content (AvgIpc) is 2.82. The lowest BCUT2D eigenvalue weighted by atomic mass is 10.1. The molecule has 0 aliphatic heterocycles. The van der Waals surface area contributed by atoms with Crippen LogP contribution in [0.1, 0.15) is 30.8 Å². The normalized spacial score (nSPS) is 11.1. The van der Waals surface area contributed by atoms with Crippen molar-refractivity contribution in [3.8, 4) is 5.69 Å². The quantitative estimate of drug-likeness (QED) is 0.867. The van der Waals surface area contributed by atoms with Gasteiger partial charge in [-0.15, -0.1) is 0 Å². The van der Waals surface area contributed by atoms with Crippen LogP contribution in [0.4, 0.5) is 0 Å². The fourth-order valence-electron chi connectivity index (χ4n) is 2.57. The maximum absolute atomic E-state index is 6.34. The molecule has 0 saturated carbocycles. The van der Waals surface area contributed by atoms with Crippen LogP contribution in [0, 0.1) is 0 Å². The van der Waals surface area contributed by atoms with E-state index in [1.165, 1.54) is 11.3 Å². The van der Waals surface area contributed by atoms with Crippen LogP contribution in [0.2, 0.25) is 10.0 Å². The highest BCUT2D eigenvalue weighted by atomic mass is 35.5. The fourth-order valence-corrected chi connectivity index (χ4v) is 3.06. The van der Waals surface area contributed by atoms with E-state index in [1.807, 2.05) is 23.9 Å². The Bertz CT molecular complexity index is 620. The van der Waals surface area contributed by atoms with Gasteiger partial charge in [0, 0.05) is 10.7 Å². The van der Waals surface area contributed by atoms with Crippen LogP contribution < -0.4 is 5.32 Å². The number of likely N-dealkylation sites (N-methyl/N-ethyl adjacent to an activating group) is 1. The molecule has 2 aromatic rings. The van der Waals surface area contributed by atoms with E-state index in [0.29, 0.717) is 10.0 Å². The molecule has 5 heteroatoms. The van der Waals surface area contributed by atoms with E-state index >= 15 is 0 Å². The minimum atomic E-state index is 0.627. The van der Waals surface area contributed by atoms with Crippen LogP contribution in [-0.2, 0) is 19.3 Å². The summed E-state index contributed by atoms with van der Waals surface area (Å²) < 4.78 is 1.97. The fraction of sp³-hybridized carbons (Fsp3) is 0.438. The molecule has 21 heavy (non-hydrogen) atoms. The van der Waals surface area contributed by atoms with Crippen molar-refractivity contribution in [2.24, 2.45) is 0 Å². The summed E-state index contributed by atoms with van der Waals surface area (Å²) in [7, 11) is 1.97. The van der Waals surface area contributed by atoms with Crippen molar-refractivity contribution < 1.29 is 0 Å². The van der Waals surface area contributed by atoms with Crippen LogP contribution in [0.25, 0.3) is 5.69 Å². The van der Waals surface area contributed by atoms with E-state index in [-0.39, 0.29) is 0 Å². The van der Waals surface area contributed by atoms with Gasteiger partial charge >= 0.3 is 0 Å². The summed E-state index contributed by atoms with van der Waals surface area (Å²) in [5.74, 6) is 0. The zero-order valence-corrected chi connectivity index (χ0v) is 14.2. The Morgan fingerprint density at radius 3 is 2.52 bits per heavy atom. The number of aryl methyl sites for hydroxylation is 1. The predicted octanol–water partition coefficient (Wildman–Crippen LogP) is 4.07. The summed E-state index contributed by atoms with van der Waals surface area (Å²) in [6.45, 7) is 5.23. The summed E-state index contributed by atoms with van der Waals surface area (Å²) in [5.41, 5.74) is 4.60. The van der Waals surface area contributed by atoms with Crippen molar-refractivity contribution in [2.45, 2.75) is 33.1 Å². The van der Waals surface area contributed by atoms with Crippen molar-refractivity contribution in [2.75, 3.05) is 13.6 Å². The Kier molecular flexibility index (Phi) is 5.68. The Balaban J connectivity index is 2.55. The van der Waals surface area contributed by atoms with Crippen molar-refractivity contribution in [3.63, 3.8) is 0 Å². The third-order valence-corrected chi connectivity index (χ3v) is 4.14. The van der Waals surface area contributed by atoms with Gasteiger partial charge in [0.15, 0.2) is 0 Å². The van der Waals surface area contributed by atoms with Crippen molar-refractivity contribution in [3.05, 3.63) is 45.2 Å². The number of hydrogen-bond donors (Lipinski definition) is 1. The Labute approximate surface area is 136 Å². The van der Waals surface area contributed by atoms with Crippen LogP contribution in [0.15, 0.2) is 18.2 Å². The topological polar surface area (TPSA) is 29.9 Å². The van der Waals surface area contributed by atoms with Crippen molar-refractivity contribution in [1.82, 2.24) is 15.1 Å². The van der Waals surface area contributed by atoms with E-state index in [1.54, 1.807) is 6.07 Å². The van der Waals surface area contributed by atoms with Gasteiger partial charge in [0.2, 0.25) is 0 Å². The van der Waals surface area contributed by atoms with Gasteiger partial charge < -0.3 is 5.32 Å². The largest absolute Gasteiger partial charge is 0.319 e. The van der Waals surface area contributed by atoms with E-state index in [2.05, 4.69) is 19.2 Å². The molecule has 0 atom stereocenters. The molecule has 0 bridgehead atoms. The molecule has 0 spiro atoms. The number of nitrogens with one attached hydrogen (secondary N) is 1. The third kappa shape index (κ3) is 3.42. The van der Waals surface area contributed by atoms with Crippen LogP contribution in [0.5, 0.6) is 0 Å². The molecular formula is C16H21Cl2N3. The number of aromatic nitrogens is 2. The smallest absolute Gasteiger partial charge is 0.0836 e. The van der Waals surface area contributed by atoms with Gasteiger partial charge in [0.05, 0.1) is 16.4 Å². The highest BCUT2D eigenvalue weighted by Crippen LogP contribution is 2.28. The molecule has 3 nitrogen and oxygen atoms in total. The molecule has 1 aromatic heterocycles. The number of hydrogen-bond acceptors (Lipinski definition) is 2. The lowest BCUT2D eigenvalue weighted by Gasteiger charge is -2.10. The van der Waals surface area contributed by atoms with Gasteiger partial charge in [0.25, 0.3) is 0 Å². The molecule has 0 saturated heterocycles. The van der Waals surface area contributed by atoms with Gasteiger partial charge in [-0.05, 0) is 56.6 Å². The third-order valence-electron chi connectivity index (χ3n) is 3.61. The predicted molar refractivity (Wildman–Crippen MR) is 90.0 cm³/mol. The molecule has 114 valence electrons. The summed E-state index contributed by atoms with van der Waals surface area (Å²) in [5, 5.41) is 9.25. The van der Waals surface area contributed by atoms with Crippen LogP contribution in [0.3, 0.4) is 0 Å². The zero-order chi connectivity index (χ0) is 15.4. The second kappa shape index (κ2) is 7.30. The lowest BCUT2D eigenvalue weighted by molar-refractivity contribution is 0.772. The summed E-state index contributed by atoms with van der Waals surface area (Å²) in [4.78, 5) is 0. The number of benzene rings is 1. The second-order valence-electron chi connectivity index (χ2n) is 4.94. The van der Waals surface area contributed by atoms with Gasteiger partial charge in [-0.2, -0.15) is 5.10 Å². The van der Waals surface area contributed by atoms with Crippen LogP contribution >= 0.6 is 23.2 Å². The molecular weight excluding hydrogens is 305 g/mol. The highest BCUT2D eigenvalue weighted by molar-refractivity contribution is 6.35. The molecule has 1 aromatic carbocycles. The average molecular weight is 326 g/mol. The molecule has 0 aliphatic carbocycles. The maximum Gasteiger partial charge on any atom is 0.0836 e. The van der Waals surface area contributed by atoms with E-state index in [4.69, 9.17) is 28.3 Å². The first-order chi connectivity index (χ1) is 10.1. The first-order valence-corrected chi connectivity index (χ1v) is 8.07. The number of rotatable bonds is 6.